The Hall–Kier alpha value is -3.47. The van der Waals surface area contributed by atoms with Gasteiger partial charge < -0.3 is 20.4 Å². The molecule has 5 aromatic rings. The van der Waals surface area contributed by atoms with Gasteiger partial charge in [-0.15, -0.1) is 37.2 Å². The summed E-state index contributed by atoms with van der Waals surface area (Å²) >= 11 is 6.11. The lowest BCUT2D eigenvalue weighted by atomic mass is 10.1. The second-order valence-electron chi connectivity index (χ2n) is 8.66. The van der Waals surface area contributed by atoms with Gasteiger partial charge in [-0.1, -0.05) is 48.9 Å². The molecule has 2 aromatic heterocycles. The monoisotopic (exact) mass is 639 g/mol. The third kappa shape index (κ3) is 8.06. The number of anilines is 2. The number of likely N-dealkylation sites (N-methyl/N-ethyl adjacent to an activating group) is 1. The largest absolute Gasteiger partial charge is 0.508 e. The first-order valence-corrected chi connectivity index (χ1v) is 12.5. The molecule has 2 N–H and O–H groups in total. The van der Waals surface area contributed by atoms with Gasteiger partial charge >= 0.3 is 5.88 Å². The van der Waals surface area contributed by atoms with Crippen molar-refractivity contribution in [2.24, 2.45) is 0 Å². The van der Waals surface area contributed by atoms with Crippen LogP contribution in [0.1, 0.15) is 12.5 Å². The maximum absolute atomic E-state index is 12.1. The Balaban J connectivity index is 0.00000196. The number of ether oxygens (including phenoxy) is 1. The van der Waals surface area contributed by atoms with Crippen molar-refractivity contribution in [3.05, 3.63) is 94.8 Å². The maximum Gasteiger partial charge on any atom is 0.402 e. The summed E-state index contributed by atoms with van der Waals surface area (Å²) in [5, 5.41) is 31.4. The van der Waals surface area contributed by atoms with E-state index in [-0.39, 0.29) is 61.2 Å². The molecule has 0 fully saturated rings. The van der Waals surface area contributed by atoms with Crippen LogP contribution < -0.4 is 15.0 Å². The Labute approximate surface area is 260 Å². The van der Waals surface area contributed by atoms with E-state index in [0.29, 0.717) is 28.6 Å². The first kappa shape index (κ1) is 33.7. The van der Waals surface area contributed by atoms with Crippen molar-refractivity contribution >= 4 is 71.1 Å². The van der Waals surface area contributed by atoms with Crippen LogP contribution in [0, 0.1) is 5.21 Å². The van der Waals surface area contributed by atoms with Crippen molar-refractivity contribution in [3.8, 4) is 22.9 Å². The topological polar surface area (TPSA) is 111 Å². The van der Waals surface area contributed by atoms with Crippen LogP contribution in [0.3, 0.4) is 0 Å². The lowest BCUT2D eigenvalue weighted by molar-refractivity contribution is -0.793. The number of hydrogen-bond donors (Lipinski definition) is 2. The minimum atomic E-state index is 0. The molecular weight excluding hydrogens is 612 g/mol. The van der Waals surface area contributed by atoms with Gasteiger partial charge in [0.2, 0.25) is 0 Å². The summed E-state index contributed by atoms with van der Waals surface area (Å²) in [6.07, 6.45) is 1.73. The molecule has 0 amide bonds. The Kier molecular flexibility index (Phi) is 12.8. The number of phenolic OH excluding ortho intramolecular Hbond substituents is 1. The number of fused-ring (bicyclic) bond motifs is 1. The van der Waals surface area contributed by atoms with Gasteiger partial charge in [0.15, 0.2) is 0 Å². The minimum absolute atomic E-state index is 0. The molecule has 0 spiro atoms. The molecular formula is C28H29Cl4N5O4. The second-order valence-corrected chi connectivity index (χ2v) is 9.09. The third-order valence-electron chi connectivity index (χ3n) is 6.18. The summed E-state index contributed by atoms with van der Waals surface area (Å²) in [7, 11) is 0. The van der Waals surface area contributed by atoms with Crippen LogP contribution in [0.25, 0.3) is 22.2 Å². The Bertz CT molecular complexity index is 1560. The zero-order valence-electron chi connectivity index (χ0n) is 21.9. The summed E-state index contributed by atoms with van der Waals surface area (Å²) in [6, 6.07) is 22.0. The van der Waals surface area contributed by atoms with E-state index >= 15 is 0 Å². The van der Waals surface area contributed by atoms with Crippen molar-refractivity contribution in [2.45, 2.75) is 13.5 Å². The van der Waals surface area contributed by atoms with E-state index in [4.69, 9.17) is 21.0 Å². The molecule has 41 heavy (non-hydrogen) atoms. The number of phenols is 1. The summed E-state index contributed by atoms with van der Waals surface area (Å²) in [5.41, 5.74) is 4.18. The number of halogens is 4. The standard InChI is InChI=1S/C28H26ClN5O4.3ClH/c1-2-33(14-15-37-28-27(34(36)38-32-28)19-6-4-3-5-7-19)18-20-16-22(9-11-26(20)35)31-24-12-13-30-25-17-21(29)8-10-23(24)25;;;/h3-13,16-17,35H,2,14-15,18H2,1H3,(H,30,31);3*1H. The van der Waals surface area contributed by atoms with E-state index in [1.54, 1.807) is 24.4 Å². The Morgan fingerprint density at radius 2 is 1.83 bits per heavy atom. The number of aromatic hydroxyl groups is 1. The van der Waals surface area contributed by atoms with Crippen LogP contribution in [0.5, 0.6) is 11.6 Å². The van der Waals surface area contributed by atoms with Crippen LogP contribution in [0.15, 0.2) is 83.6 Å². The molecule has 0 radical (unpaired) electrons. The molecule has 0 saturated carbocycles. The molecule has 0 atom stereocenters. The fraction of sp³-hybridized carbons (Fsp3) is 0.179. The van der Waals surface area contributed by atoms with Crippen molar-refractivity contribution in [1.82, 2.24) is 15.0 Å². The Morgan fingerprint density at radius 1 is 1.05 bits per heavy atom. The van der Waals surface area contributed by atoms with E-state index in [9.17, 15) is 10.3 Å². The van der Waals surface area contributed by atoms with Gasteiger partial charge in [-0.2, -0.15) is 0 Å². The first-order valence-electron chi connectivity index (χ1n) is 12.2. The number of nitrogens with one attached hydrogen (secondary N) is 1. The maximum atomic E-state index is 12.1. The minimum Gasteiger partial charge on any atom is -0.508 e. The zero-order chi connectivity index (χ0) is 26.5. The molecule has 0 saturated heterocycles. The van der Waals surface area contributed by atoms with Gasteiger partial charge in [-0.05, 0) is 53.9 Å². The van der Waals surface area contributed by atoms with Crippen molar-refractivity contribution in [3.63, 3.8) is 0 Å². The van der Waals surface area contributed by atoms with E-state index < -0.39 is 0 Å². The smallest absolute Gasteiger partial charge is 0.402 e. The number of benzene rings is 3. The molecule has 0 aliphatic rings. The first-order chi connectivity index (χ1) is 18.5. The number of pyridine rings is 1. The normalized spacial score (nSPS) is 10.4. The summed E-state index contributed by atoms with van der Waals surface area (Å²) < 4.78 is 10.6. The third-order valence-corrected chi connectivity index (χ3v) is 6.42. The number of aromatic nitrogens is 3. The molecule has 0 aliphatic carbocycles. The molecule has 0 aliphatic heterocycles. The second kappa shape index (κ2) is 15.5. The molecule has 0 bridgehead atoms. The van der Waals surface area contributed by atoms with Gasteiger partial charge in [0, 0.05) is 52.2 Å². The zero-order valence-corrected chi connectivity index (χ0v) is 25.1. The molecule has 13 heteroatoms. The van der Waals surface area contributed by atoms with E-state index in [1.165, 1.54) is 0 Å². The number of rotatable bonds is 10. The average molecular weight is 641 g/mol. The van der Waals surface area contributed by atoms with Gasteiger partial charge in [0.25, 0.3) is 5.69 Å². The van der Waals surface area contributed by atoms with Gasteiger partial charge in [-0.3, -0.25) is 14.5 Å². The van der Waals surface area contributed by atoms with Crippen molar-refractivity contribution < 1.29 is 19.4 Å². The summed E-state index contributed by atoms with van der Waals surface area (Å²) in [4.78, 5) is 6.86. The fourth-order valence-corrected chi connectivity index (χ4v) is 4.36. The van der Waals surface area contributed by atoms with Gasteiger partial charge in [-0.25, -0.2) is 0 Å². The summed E-state index contributed by atoms with van der Waals surface area (Å²) in [6.45, 7) is 4.08. The predicted molar refractivity (Wildman–Crippen MR) is 167 cm³/mol. The lowest BCUT2D eigenvalue weighted by Crippen LogP contribution is -2.28. The van der Waals surface area contributed by atoms with Crippen molar-refractivity contribution in [2.75, 3.05) is 25.0 Å². The molecule has 9 nitrogen and oxygen atoms in total. The number of nitrogens with zero attached hydrogens (tertiary/aromatic N) is 4. The number of hydrogen-bond acceptors (Lipinski definition) is 8. The SMILES string of the molecule is CCN(CCOc1no[n+]([O-])c1-c1ccccc1)Cc1cc(Nc2ccnc3cc(Cl)ccc23)ccc1O.Cl.Cl.Cl. The highest BCUT2D eigenvalue weighted by Gasteiger charge is 2.23. The van der Waals surface area contributed by atoms with E-state index in [1.807, 2.05) is 61.5 Å². The average Bonchev–Trinajstić information content (AvgIpc) is 3.30. The quantitative estimate of drug-likeness (QED) is 0.127. The van der Waals surface area contributed by atoms with Gasteiger partial charge in [0.05, 0.1) is 10.7 Å². The highest BCUT2D eigenvalue weighted by Crippen LogP contribution is 2.30. The van der Waals surface area contributed by atoms with Crippen LogP contribution >= 0.6 is 48.8 Å². The highest BCUT2D eigenvalue weighted by molar-refractivity contribution is 6.31. The van der Waals surface area contributed by atoms with Crippen LogP contribution in [0.2, 0.25) is 5.02 Å². The molecule has 3 aromatic carbocycles. The lowest BCUT2D eigenvalue weighted by Gasteiger charge is -2.21. The van der Waals surface area contributed by atoms with Crippen LogP contribution in [-0.2, 0) is 6.54 Å². The van der Waals surface area contributed by atoms with Crippen LogP contribution in [0.4, 0.5) is 11.4 Å². The Morgan fingerprint density at radius 3 is 2.59 bits per heavy atom. The predicted octanol–water partition coefficient (Wildman–Crippen LogP) is 6.79. The molecule has 5 rings (SSSR count). The van der Waals surface area contributed by atoms with Crippen molar-refractivity contribution in [1.29, 1.82) is 0 Å². The fourth-order valence-electron chi connectivity index (χ4n) is 4.19. The van der Waals surface area contributed by atoms with E-state index in [2.05, 4.69) is 20.4 Å². The molecule has 218 valence electrons. The van der Waals surface area contributed by atoms with E-state index in [0.717, 1.165) is 34.4 Å². The highest BCUT2D eigenvalue weighted by atomic mass is 35.5. The molecule has 0 unspecified atom stereocenters. The van der Waals surface area contributed by atoms with Crippen LogP contribution in [-0.4, -0.2) is 39.8 Å². The van der Waals surface area contributed by atoms with Gasteiger partial charge in [0.1, 0.15) is 12.4 Å². The summed E-state index contributed by atoms with van der Waals surface area (Å²) in [5.74, 6) is 0.346. The molecule has 2 heterocycles.